The first-order chi connectivity index (χ1) is 13.8. The van der Waals surface area contributed by atoms with Gasteiger partial charge in [0.1, 0.15) is 11.5 Å². The van der Waals surface area contributed by atoms with Gasteiger partial charge in [-0.1, -0.05) is 0 Å². The highest BCUT2D eigenvalue weighted by molar-refractivity contribution is 6.20. The molecule has 3 aromatic rings. The Bertz CT molecular complexity index is 1130. The van der Waals surface area contributed by atoms with Crippen molar-refractivity contribution in [2.75, 3.05) is 5.32 Å². The zero-order valence-electron chi connectivity index (χ0n) is 14.6. The number of hydrogen-bond donors (Lipinski definition) is 3. The van der Waals surface area contributed by atoms with Gasteiger partial charge in [-0.15, -0.1) is 0 Å². The summed E-state index contributed by atoms with van der Waals surface area (Å²) >= 11 is 0. The molecule has 1 aliphatic rings. The molecule has 0 radical (unpaired) electrons. The third kappa shape index (κ3) is 3.96. The molecule has 3 heterocycles. The maximum atomic E-state index is 13.5. The minimum Gasteiger partial charge on any atom is -0.492 e. The SMILES string of the molecule is Oc1nc(NCc2cc(F)cc(C(F)(F)F)c2)[nH]c1C=C1C=Nc2ncccc21. The summed E-state index contributed by atoms with van der Waals surface area (Å²) in [6.45, 7) is -0.127. The summed E-state index contributed by atoms with van der Waals surface area (Å²) in [4.78, 5) is 15.0. The average Bonchev–Trinajstić information content (AvgIpc) is 3.23. The fraction of sp³-hybridized carbons (Fsp3) is 0.105. The van der Waals surface area contributed by atoms with Crippen LogP contribution < -0.4 is 5.32 Å². The van der Waals surface area contributed by atoms with Crippen LogP contribution in [0.15, 0.2) is 41.5 Å². The van der Waals surface area contributed by atoms with Crippen molar-refractivity contribution in [2.45, 2.75) is 12.7 Å². The zero-order valence-corrected chi connectivity index (χ0v) is 14.6. The number of fused-ring (bicyclic) bond motifs is 1. The van der Waals surface area contributed by atoms with Crippen molar-refractivity contribution in [2.24, 2.45) is 4.99 Å². The molecule has 148 valence electrons. The van der Waals surface area contributed by atoms with Crippen LogP contribution >= 0.6 is 0 Å². The van der Waals surface area contributed by atoms with Crippen LogP contribution in [0.1, 0.15) is 22.4 Å². The van der Waals surface area contributed by atoms with E-state index in [9.17, 15) is 22.7 Å². The number of anilines is 1. The standard InChI is InChI=1S/C19H13F4N5O/c20-13-5-10(4-12(7-13)19(21,22)23)8-26-18-27-15(17(29)28-18)6-11-9-25-16-14(11)2-1-3-24-16/h1-7,9,29H,8H2,(H2,26,27,28). The number of alkyl halides is 3. The van der Waals surface area contributed by atoms with Gasteiger partial charge in [-0.05, 0) is 42.0 Å². The van der Waals surface area contributed by atoms with Gasteiger partial charge in [-0.25, -0.2) is 14.4 Å². The Morgan fingerprint density at radius 2 is 2.03 bits per heavy atom. The summed E-state index contributed by atoms with van der Waals surface area (Å²) in [6, 6.07) is 5.86. The quantitative estimate of drug-likeness (QED) is 0.559. The van der Waals surface area contributed by atoms with Crippen molar-refractivity contribution in [3.63, 3.8) is 0 Å². The number of aliphatic imine (C=N–C) groups is 1. The fourth-order valence-corrected chi connectivity index (χ4v) is 2.86. The largest absolute Gasteiger partial charge is 0.492 e. The van der Waals surface area contributed by atoms with Crippen LogP contribution in [0.2, 0.25) is 0 Å². The van der Waals surface area contributed by atoms with E-state index in [4.69, 9.17) is 0 Å². The number of aromatic amines is 1. The number of pyridine rings is 1. The summed E-state index contributed by atoms with van der Waals surface area (Å²) in [5.74, 6) is -0.616. The Labute approximate surface area is 161 Å². The monoisotopic (exact) mass is 403 g/mol. The van der Waals surface area contributed by atoms with Crippen molar-refractivity contribution in [3.8, 4) is 5.88 Å². The molecular weight excluding hydrogens is 390 g/mol. The molecule has 0 aliphatic carbocycles. The highest BCUT2D eigenvalue weighted by atomic mass is 19.4. The number of H-pyrrole nitrogens is 1. The Kier molecular flexibility index (Phi) is 4.53. The van der Waals surface area contributed by atoms with Crippen molar-refractivity contribution in [1.29, 1.82) is 0 Å². The molecule has 0 fully saturated rings. The van der Waals surface area contributed by atoms with E-state index >= 15 is 0 Å². The lowest BCUT2D eigenvalue weighted by Gasteiger charge is -2.09. The number of allylic oxidation sites excluding steroid dienone is 1. The number of rotatable bonds is 4. The molecule has 3 N–H and O–H groups in total. The second-order valence-corrected chi connectivity index (χ2v) is 6.25. The summed E-state index contributed by atoms with van der Waals surface area (Å²) in [7, 11) is 0. The molecule has 0 unspecified atom stereocenters. The highest BCUT2D eigenvalue weighted by Crippen LogP contribution is 2.32. The normalized spacial score (nSPS) is 14.4. The molecule has 2 aromatic heterocycles. The molecule has 10 heteroatoms. The van der Waals surface area contributed by atoms with Crippen LogP contribution in [0.25, 0.3) is 11.6 Å². The molecular formula is C19H13F4N5O. The fourth-order valence-electron chi connectivity index (χ4n) is 2.86. The lowest BCUT2D eigenvalue weighted by atomic mass is 10.1. The first-order valence-corrected chi connectivity index (χ1v) is 8.40. The van der Waals surface area contributed by atoms with Crippen LogP contribution in [-0.4, -0.2) is 26.3 Å². The van der Waals surface area contributed by atoms with Crippen LogP contribution in [0, 0.1) is 5.82 Å². The summed E-state index contributed by atoms with van der Waals surface area (Å²) < 4.78 is 51.9. The van der Waals surface area contributed by atoms with E-state index in [0.29, 0.717) is 17.5 Å². The van der Waals surface area contributed by atoms with E-state index in [0.717, 1.165) is 17.7 Å². The Morgan fingerprint density at radius 1 is 1.21 bits per heavy atom. The van der Waals surface area contributed by atoms with Crippen molar-refractivity contribution in [1.82, 2.24) is 15.0 Å². The molecule has 0 bridgehead atoms. The molecule has 0 saturated carbocycles. The molecule has 1 aliphatic heterocycles. The summed E-state index contributed by atoms with van der Waals surface area (Å²) in [5, 5.41) is 12.8. The average molecular weight is 403 g/mol. The highest BCUT2D eigenvalue weighted by Gasteiger charge is 2.31. The van der Waals surface area contributed by atoms with E-state index in [2.05, 4.69) is 25.3 Å². The molecule has 29 heavy (non-hydrogen) atoms. The van der Waals surface area contributed by atoms with E-state index in [-0.39, 0.29) is 29.6 Å². The Hall–Kier alpha value is -3.69. The second kappa shape index (κ2) is 7.04. The topological polar surface area (TPSA) is 86.2 Å². The number of nitrogens with one attached hydrogen (secondary N) is 2. The zero-order chi connectivity index (χ0) is 20.6. The molecule has 0 amide bonds. The van der Waals surface area contributed by atoms with Gasteiger partial charge in [0.05, 0.1) is 5.56 Å². The molecule has 0 spiro atoms. The number of imidazole rings is 1. The minimum absolute atomic E-state index is 0.0797. The van der Waals surface area contributed by atoms with Crippen LogP contribution in [0.4, 0.5) is 29.3 Å². The molecule has 1 aromatic carbocycles. The van der Waals surface area contributed by atoms with Gasteiger partial charge in [0.2, 0.25) is 11.8 Å². The van der Waals surface area contributed by atoms with Crippen LogP contribution in [0.3, 0.4) is 0 Å². The van der Waals surface area contributed by atoms with Gasteiger partial charge in [0.25, 0.3) is 0 Å². The number of nitrogens with zero attached hydrogens (tertiary/aromatic N) is 3. The second-order valence-electron chi connectivity index (χ2n) is 6.25. The van der Waals surface area contributed by atoms with E-state index in [1.807, 2.05) is 6.07 Å². The van der Waals surface area contributed by atoms with Gasteiger partial charge in [0.15, 0.2) is 5.82 Å². The maximum Gasteiger partial charge on any atom is 0.416 e. The predicted octanol–water partition coefficient (Wildman–Crippen LogP) is 4.54. The summed E-state index contributed by atoms with van der Waals surface area (Å²) in [6.07, 6.45) is 0.184. The predicted molar refractivity (Wildman–Crippen MR) is 99.2 cm³/mol. The smallest absolute Gasteiger partial charge is 0.416 e. The molecule has 0 atom stereocenters. The van der Waals surface area contributed by atoms with Crippen molar-refractivity contribution in [3.05, 3.63) is 64.7 Å². The van der Waals surface area contributed by atoms with E-state index in [1.165, 1.54) is 0 Å². The Morgan fingerprint density at radius 3 is 2.83 bits per heavy atom. The number of aromatic hydroxyl groups is 1. The van der Waals surface area contributed by atoms with Gasteiger partial charge >= 0.3 is 6.18 Å². The Balaban J connectivity index is 1.52. The van der Waals surface area contributed by atoms with E-state index < -0.39 is 17.6 Å². The molecule has 0 saturated heterocycles. The maximum absolute atomic E-state index is 13.5. The van der Waals surface area contributed by atoms with Crippen LogP contribution in [-0.2, 0) is 12.7 Å². The van der Waals surface area contributed by atoms with Gasteiger partial charge in [0, 0.05) is 30.1 Å². The van der Waals surface area contributed by atoms with Crippen molar-refractivity contribution >= 4 is 29.6 Å². The summed E-state index contributed by atoms with van der Waals surface area (Å²) in [5.41, 5.74) is 0.778. The lowest BCUT2D eigenvalue weighted by Crippen LogP contribution is -2.08. The van der Waals surface area contributed by atoms with E-state index in [1.54, 1.807) is 24.6 Å². The number of halogens is 4. The minimum atomic E-state index is -4.65. The lowest BCUT2D eigenvalue weighted by molar-refractivity contribution is -0.137. The first-order valence-electron chi connectivity index (χ1n) is 8.40. The number of hydrogen-bond acceptors (Lipinski definition) is 5. The molecule has 4 rings (SSSR count). The third-order valence-corrected chi connectivity index (χ3v) is 4.18. The number of aromatic nitrogens is 3. The van der Waals surface area contributed by atoms with Gasteiger partial charge < -0.3 is 15.4 Å². The first kappa shape index (κ1) is 18.7. The van der Waals surface area contributed by atoms with Gasteiger partial charge in [-0.2, -0.15) is 18.2 Å². The van der Waals surface area contributed by atoms with Crippen LogP contribution in [0.5, 0.6) is 5.88 Å². The third-order valence-electron chi connectivity index (χ3n) is 4.18. The number of benzene rings is 1. The molecule has 6 nitrogen and oxygen atoms in total. The van der Waals surface area contributed by atoms with Gasteiger partial charge in [-0.3, -0.25) is 0 Å². The van der Waals surface area contributed by atoms with Crippen molar-refractivity contribution < 1.29 is 22.7 Å².